The zero-order valence-electron chi connectivity index (χ0n) is 15.1. The van der Waals surface area contributed by atoms with Crippen LogP contribution in [0.5, 0.6) is 0 Å². The fourth-order valence-electron chi connectivity index (χ4n) is 3.22. The molecule has 0 N–H and O–H groups in total. The van der Waals surface area contributed by atoms with E-state index in [0.29, 0.717) is 11.3 Å². The fourth-order valence-corrected chi connectivity index (χ4v) is 3.22. The van der Waals surface area contributed by atoms with Crippen molar-refractivity contribution in [3.8, 4) is 0 Å². The summed E-state index contributed by atoms with van der Waals surface area (Å²) in [5, 5.41) is 5.16. The number of rotatable bonds is 5. The fraction of sp³-hybridized carbons (Fsp3) is 0.190. The molecule has 3 rings (SSSR count). The van der Waals surface area contributed by atoms with Crippen molar-refractivity contribution in [2.24, 2.45) is 5.10 Å². The number of hydrogen-bond donors (Lipinski definition) is 0. The Morgan fingerprint density at radius 1 is 1.15 bits per heavy atom. The summed E-state index contributed by atoms with van der Waals surface area (Å²) in [5.41, 5.74) is -1.87. The summed E-state index contributed by atoms with van der Waals surface area (Å²) in [6.07, 6.45) is 0. The molecule has 0 saturated heterocycles. The van der Waals surface area contributed by atoms with E-state index in [1.165, 1.54) is 14.0 Å². The number of esters is 1. The van der Waals surface area contributed by atoms with Gasteiger partial charge in [-0.25, -0.2) is 9.18 Å². The number of methoxy groups -OCH3 is 1. The van der Waals surface area contributed by atoms with E-state index >= 15 is 4.39 Å². The Morgan fingerprint density at radius 2 is 1.70 bits per heavy atom. The van der Waals surface area contributed by atoms with Crippen molar-refractivity contribution in [2.75, 3.05) is 12.1 Å². The Hall–Kier alpha value is -3.28. The zero-order valence-corrected chi connectivity index (χ0v) is 15.1. The molecule has 2 atom stereocenters. The predicted octanol–water partition coefficient (Wildman–Crippen LogP) is 3.63. The number of para-hydroxylation sites is 1. The van der Waals surface area contributed by atoms with Crippen LogP contribution in [-0.4, -0.2) is 30.4 Å². The maximum Gasteiger partial charge on any atom is 0.333 e. The standard InChI is InChI=1S/C21H19FN2O3/c1-14(19(25)27-3)18(16-10-6-4-7-11-16)21(22)15(2)23-24(20(21)26)17-12-8-5-9-13-17/h4-13,18H,1H2,2-3H3. The lowest BCUT2D eigenvalue weighted by Crippen LogP contribution is -2.48. The Kier molecular flexibility index (Phi) is 4.90. The van der Waals surface area contributed by atoms with Crippen LogP contribution < -0.4 is 5.01 Å². The van der Waals surface area contributed by atoms with E-state index in [-0.39, 0.29) is 11.3 Å². The largest absolute Gasteiger partial charge is 0.466 e. The van der Waals surface area contributed by atoms with Gasteiger partial charge in [0.25, 0.3) is 5.91 Å². The first-order valence-corrected chi connectivity index (χ1v) is 8.37. The first-order chi connectivity index (χ1) is 12.9. The van der Waals surface area contributed by atoms with Gasteiger partial charge in [-0.1, -0.05) is 55.1 Å². The van der Waals surface area contributed by atoms with Gasteiger partial charge in [0, 0.05) is 5.57 Å². The molecule has 0 fully saturated rings. The molecule has 2 aromatic rings. The average molecular weight is 366 g/mol. The molecule has 138 valence electrons. The first-order valence-electron chi connectivity index (χ1n) is 8.37. The summed E-state index contributed by atoms with van der Waals surface area (Å²) in [7, 11) is 1.19. The molecule has 1 amide bonds. The number of anilines is 1. The molecule has 0 spiro atoms. The minimum Gasteiger partial charge on any atom is -0.466 e. The second-order valence-electron chi connectivity index (χ2n) is 6.21. The highest BCUT2D eigenvalue weighted by atomic mass is 19.1. The number of hydrogen-bond acceptors (Lipinski definition) is 4. The van der Waals surface area contributed by atoms with E-state index in [1.54, 1.807) is 60.7 Å². The van der Waals surface area contributed by atoms with Crippen LogP contribution in [0.3, 0.4) is 0 Å². The third kappa shape index (κ3) is 3.03. The molecule has 0 aliphatic carbocycles. The van der Waals surface area contributed by atoms with Crippen LogP contribution in [-0.2, 0) is 14.3 Å². The van der Waals surface area contributed by atoms with Gasteiger partial charge in [0.15, 0.2) is 0 Å². The number of carbonyl (C=O) groups is 2. The molecule has 5 nitrogen and oxygen atoms in total. The SMILES string of the molecule is C=C(C(=O)OC)C(c1ccccc1)C1(F)C(=O)N(c2ccccc2)N=C1C. The van der Waals surface area contributed by atoms with Crippen molar-refractivity contribution in [3.05, 3.63) is 78.4 Å². The smallest absolute Gasteiger partial charge is 0.333 e. The van der Waals surface area contributed by atoms with E-state index in [2.05, 4.69) is 11.7 Å². The molecule has 1 aliphatic heterocycles. The Bertz CT molecular complexity index is 912. The van der Waals surface area contributed by atoms with Crippen molar-refractivity contribution in [3.63, 3.8) is 0 Å². The van der Waals surface area contributed by atoms with Gasteiger partial charge in [0.2, 0.25) is 5.67 Å². The summed E-state index contributed by atoms with van der Waals surface area (Å²) in [6.45, 7) is 5.15. The van der Waals surface area contributed by atoms with E-state index < -0.39 is 23.5 Å². The highest BCUT2D eigenvalue weighted by Gasteiger charge is 2.58. The van der Waals surface area contributed by atoms with Crippen LogP contribution in [0.25, 0.3) is 0 Å². The van der Waals surface area contributed by atoms with Crippen molar-refractivity contribution in [2.45, 2.75) is 18.5 Å². The average Bonchev–Trinajstić information content (AvgIpc) is 2.93. The van der Waals surface area contributed by atoms with Crippen molar-refractivity contribution >= 4 is 23.3 Å². The Labute approximate surface area is 156 Å². The van der Waals surface area contributed by atoms with Crippen LogP contribution >= 0.6 is 0 Å². The molecule has 6 heteroatoms. The van der Waals surface area contributed by atoms with Crippen molar-refractivity contribution in [1.29, 1.82) is 0 Å². The maximum atomic E-state index is 16.3. The number of halogens is 1. The molecule has 1 heterocycles. The molecular formula is C21H19FN2O3. The van der Waals surface area contributed by atoms with Gasteiger partial charge in [0.05, 0.1) is 24.4 Å². The van der Waals surface area contributed by atoms with E-state index in [0.717, 1.165) is 5.01 Å². The number of benzene rings is 2. The molecule has 1 aliphatic rings. The molecular weight excluding hydrogens is 347 g/mol. The summed E-state index contributed by atoms with van der Waals surface area (Å²) < 4.78 is 21.1. The second kappa shape index (κ2) is 7.15. The van der Waals surface area contributed by atoms with Crippen LogP contribution in [0.1, 0.15) is 18.4 Å². The number of carbonyl (C=O) groups excluding carboxylic acids is 2. The molecule has 0 saturated carbocycles. The molecule has 0 radical (unpaired) electrons. The molecule has 0 aromatic heterocycles. The van der Waals surface area contributed by atoms with Gasteiger partial charge in [0.1, 0.15) is 0 Å². The van der Waals surface area contributed by atoms with Gasteiger partial charge < -0.3 is 4.74 Å². The minimum atomic E-state index is -2.55. The number of hydrazone groups is 1. The Balaban J connectivity index is 2.11. The van der Waals surface area contributed by atoms with Crippen molar-refractivity contribution < 1.29 is 18.7 Å². The number of amides is 1. The number of nitrogens with zero attached hydrogens (tertiary/aromatic N) is 2. The normalized spacial score (nSPS) is 20.2. The van der Waals surface area contributed by atoms with E-state index in [1.807, 2.05) is 0 Å². The van der Waals surface area contributed by atoms with E-state index in [4.69, 9.17) is 4.74 Å². The summed E-state index contributed by atoms with van der Waals surface area (Å²) in [5.74, 6) is -2.90. The molecule has 2 unspecified atom stereocenters. The summed E-state index contributed by atoms with van der Waals surface area (Å²) >= 11 is 0. The zero-order chi connectivity index (χ0) is 19.6. The molecule has 0 bridgehead atoms. The predicted molar refractivity (Wildman–Crippen MR) is 101 cm³/mol. The van der Waals surface area contributed by atoms with Gasteiger partial charge in [-0.05, 0) is 24.6 Å². The minimum absolute atomic E-state index is 0.0461. The van der Waals surface area contributed by atoms with Crippen LogP contribution in [0.2, 0.25) is 0 Å². The monoisotopic (exact) mass is 366 g/mol. The van der Waals surface area contributed by atoms with Crippen molar-refractivity contribution in [1.82, 2.24) is 0 Å². The highest BCUT2D eigenvalue weighted by molar-refractivity contribution is 6.23. The summed E-state index contributed by atoms with van der Waals surface area (Å²) in [4.78, 5) is 25.2. The molecule has 27 heavy (non-hydrogen) atoms. The second-order valence-corrected chi connectivity index (χ2v) is 6.21. The lowest BCUT2D eigenvalue weighted by Gasteiger charge is -2.30. The quantitative estimate of drug-likeness (QED) is 0.600. The third-order valence-electron chi connectivity index (χ3n) is 4.61. The van der Waals surface area contributed by atoms with Crippen LogP contribution in [0.15, 0.2) is 77.9 Å². The summed E-state index contributed by atoms with van der Waals surface area (Å²) in [6, 6.07) is 17.0. The lowest BCUT2D eigenvalue weighted by molar-refractivity contribution is -0.137. The van der Waals surface area contributed by atoms with E-state index in [9.17, 15) is 9.59 Å². The Morgan fingerprint density at radius 3 is 2.26 bits per heavy atom. The number of alkyl halides is 1. The van der Waals surface area contributed by atoms with Gasteiger partial charge in [-0.3, -0.25) is 4.79 Å². The third-order valence-corrected chi connectivity index (χ3v) is 4.61. The van der Waals surface area contributed by atoms with Crippen LogP contribution in [0.4, 0.5) is 10.1 Å². The van der Waals surface area contributed by atoms with Crippen LogP contribution in [0, 0.1) is 0 Å². The van der Waals surface area contributed by atoms with Gasteiger partial charge in [-0.15, -0.1) is 0 Å². The number of ether oxygens (including phenoxy) is 1. The lowest BCUT2D eigenvalue weighted by atomic mass is 9.76. The topological polar surface area (TPSA) is 59.0 Å². The highest BCUT2D eigenvalue weighted by Crippen LogP contribution is 2.44. The first kappa shape index (κ1) is 18.5. The molecule has 2 aromatic carbocycles. The van der Waals surface area contributed by atoms with Gasteiger partial charge in [-0.2, -0.15) is 10.1 Å². The van der Waals surface area contributed by atoms with Gasteiger partial charge >= 0.3 is 5.97 Å². The maximum absolute atomic E-state index is 16.3.